The van der Waals surface area contributed by atoms with Crippen LogP contribution >= 0.6 is 0 Å². The number of nitrogens with zero attached hydrogens (tertiary/aromatic N) is 7. The summed E-state index contributed by atoms with van der Waals surface area (Å²) in [6, 6.07) is 1.89. The Morgan fingerprint density at radius 1 is 1.12 bits per heavy atom. The van der Waals surface area contributed by atoms with Crippen molar-refractivity contribution < 1.29 is 9.53 Å². The molecule has 1 atom stereocenters. The Labute approximate surface area is 145 Å². The highest BCUT2D eigenvalue weighted by Gasteiger charge is 2.30. The van der Waals surface area contributed by atoms with Crippen molar-refractivity contribution in [2.75, 3.05) is 44.3 Å². The first-order chi connectivity index (χ1) is 12.3. The lowest BCUT2D eigenvalue weighted by molar-refractivity contribution is -0.139. The predicted octanol–water partition coefficient (Wildman–Crippen LogP) is 0.133. The van der Waals surface area contributed by atoms with Crippen LogP contribution in [0, 0.1) is 5.92 Å². The highest BCUT2D eigenvalue weighted by Crippen LogP contribution is 2.24. The molecule has 9 heteroatoms. The van der Waals surface area contributed by atoms with Gasteiger partial charge in [-0.05, 0) is 12.8 Å². The van der Waals surface area contributed by atoms with Gasteiger partial charge in [0.05, 0.1) is 19.1 Å². The van der Waals surface area contributed by atoms with E-state index in [9.17, 15) is 4.79 Å². The molecule has 0 N–H and O–H groups in total. The van der Waals surface area contributed by atoms with E-state index in [4.69, 9.17) is 4.74 Å². The number of morpholine rings is 1. The molecule has 2 aliphatic heterocycles. The molecule has 2 aromatic heterocycles. The van der Waals surface area contributed by atoms with Crippen LogP contribution in [-0.4, -0.2) is 74.9 Å². The molecule has 2 fully saturated rings. The second-order valence-electron chi connectivity index (χ2n) is 6.30. The zero-order chi connectivity index (χ0) is 17.1. The SMILES string of the molecule is O=C([C@@H]1CCCN(c2cc(-n3cncn3)ncn2)C1)N1CCOCC1. The average Bonchev–Trinajstić information content (AvgIpc) is 3.23. The van der Waals surface area contributed by atoms with Crippen molar-refractivity contribution in [1.82, 2.24) is 29.6 Å². The molecule has 2 saturated heterocycles. The van der Waals surface area contributed by atoms with E-state index in [0.717, 1.165) is 25.2 Å². The average molecular weight is 343 g/mol. The quantitative estimate of drug-likeness (QED) is 0.783. The standard InChI is InChI=1S/C16H21N7O2/c24-16(21-4-6-25-7-5-21)13-2-1-3-22(9-13)14-8-15(19-11-18-14)23-12-17-10-20-23/h8,10-13H,1-7,9H2/t13-/m1/s1. The lowest BCUT2D eigenvalue weighted by Gasteiger charge is -2.36. The van der Waals surface area contributed by atoms with Gasteiger partial charge in [0.1, 0.15) is 24.8 Å². The van der Waals surface area contributed by atoms with Crippen LogP contribution < -0.4 is 4.90 Å². The maximum Gasteiger partial charge on any atom is 0.227 e. The van der Waals surface area contributed by atoms with Crippen molar-refractivity contribution in [3.05, 3.63) is 25.0 Å². The zero-order valence-electron chi connectivity index (χ0n) is 14.0. The molecular weight excluding hydrogens is 322 g/mol. The molecule has 0 aliphatic carbocycles. The van der Waals surface area contributed by atoms with Crippen molar-refractivity contribution in [3.8, 4) is 5.82 Å². The number of anilines is 1. The van der Waals surface area contributed by atoms with Crippen LogP contribution in [0.4, 0.5) is 5.82 Å². The molecule has 4 rings (SSSR count). The number of carbonyl (C=O) groups excluding carboxylic acids is 1. The van der Waals surface area contributed by atoms with Crippen LogP contribution in [0.15, 0.2) is 25.0 Å². The summed E-state index contributed by atoms with van der Waals surface area (Å²) in [6.07, 6.45) is 6.50. The van der Waals surface area contributed by atoms with Crippen LogP contribution in [0.25, 0.3) is 5.82 Å². The van der Waals surface area contributed by atoms with E-state index < -0.39 is 0 Å². The summed E-state index contributed by atoms with van der Waals surface area (Å²) >= 11 is 0. The van der Waals surface area contributed by atoms with Crippen molar-refractivity contribution in [2.24, 2.45) is 5.92 Å². The van der Waals surface area contributed by atoms with Gasteiger partial charge in [-0.2, -0.15) is 5.10 Å². The lowest BCUT2D eigenvalue weighted by atomic mass is 9.96. The highest BCUT2D eigenvalue weighted by molar-refractivity contribution is 5.79. The fourth-order valence-corrected chi connectivity index (χ4v) is 3.39. The Kier molecular flexibility index (Phi) is 4.55. The molecule has 0 bridgehead atoms. The summed E-state index contributed by atoms with van der Waals surface area (Å²) in [5.74, 6) is 1.74. The van der Waals surface area contributed by atoms with Crippen molar-refractivity contribution >= 4 is 11.7 Å². The van der Waals surface area contributed by atoms with Gasteiger partial charge < -0.3 is 14.5 Å². The molecular formula is C16H21N7O2. The number of rotatable bonds is 3. The molecule has 1 amide bonds. The van der Waals surface area contributed by atoms with Gasteiger partial charge in [-0.15, -0.1) is 0 Å². The molecule has 0 aromatic carbocycles. The van der Waals surface area contributed by atoms with E-state index in [1.807, 2.05) is 11.0 Å². The van der Waals surface area contributed by atoms with E-state index in [-0.39, 0.29) is 11.8 Å². The Balaban J connectivity index is 1.47. The fourth-order valence-electron chi connectivity index (χ4n) is 3.39. The summed E-state index contributed by atoms with van der Waals surface area (Å²) in [7, 11) is 0. The Hall–Kier alpha value is -2.55. The van der Waals surface area contributed by atoms with Crippen molar-refractivity contribution in [2.45, 2.75) is 12.8 Å². The molecule has 9 nitrogen and oxygen atoms in total. The normalized spacial score (nSPS) is 21.4. The Morgan fingerprint density at radius 3 is 2.76 bits per heavy atom. The largest absolute Gasteiger partial charge is 0.378 e. The molecule has 2 aliphatic rings. The minimum absolute atomic E-state index is 0.0108. The number of amides is 1. The van der Waals surface area contributed by atoms with Gasteiger partial charge in [-0.25, -0.2) is 19.6 Å². The number of hydrogen-bond acceptors (Lipinski definition) is 7. The second-order valence-corrected chi connectivity index (χ2v) is 6.30. The lowest BCUT2D eigenvalue weighted by Crippen LogP contribution is -2.48. The van der Waals surface area contributed by atoms with Gasteiger partial charge in [-0.3, -0.25) is 4.79 Å². The highest BCUT2D eigenvalue weighted by atomic mass is 16.5. The number of aromatic nitrogens is 5. The first kappa shape index (κ1) is 15.9. The molecule has 0 saturated carbocycles. The third kappa shape index (κ3) is 3.46. The monoisotopic (exact) mass is 343 g/mol. The van der Waals surface area contributed by atoms with Crippen molar-refractivity contribution in [3.63, 3.8) is 0 Å². The van der Waals surface area contributed by atoms with Crippen LogP contribution in [-0.2, 0) is 9.53 Å². The summed E-state index contributed by atoms with van der Waals surface area (Å²) in [6.45, 7) is 4.23. The van der Waals surface area contributed by atoms with E-state index >= 15 is 0 Å². The molecule has 0 unspecified atom stereocenters. The van der Waals surface area contributed by atoms with Gasteiger partial charge in [0, 0.05) is 32.2 Å². The van der Waals surface area contributed by atoms with Crippen LogP contribution in [0.3, 0.4) is 0 Å². The van der Waals surface area contributed by atoms with Crippen LogP contribution in [0.1, 0.15) is 12.8 Å². The first-order valence-corrected chi connectivity index (χ1v) is 8.60. The summed E-state index contributed by atoms with van der Waals surface area (Å²) < 4.78 is 6.94. The number of carbonyl (C=O) groups is 1. The zero-order valence-corrected chi connectivity index (χ0v) is 14.0. The molecule has 0 radical (unpaired) electrons. The molecule has 25 heavy (non-hydrogen) atoms. The van der Waals surface area contributed by atoms with E-state index in [1.165, 1.54) is 12.7 Å². The summed E-state index contributed by atoms with van der Waals surface area (Å²) in [4.78, 5) is 29.4. The Bertz CT molecular complexity index is 715. The third-order valence-corrected chi connectivity index (χ3v) is 4.71. The van der Waals surface area contributed by atoms with Gasteiger partial charge in [0.15, 0.2) is 5.82 Å². The van der Waals surface area contributed by atoms with Gasteiger partial charge in [0.25, 0.3) is 0 Å². The summed E-state index contributed by atoms with van der Waals surface area (Å²) in [5.41, 5.74) is 0. The molecule has 2 aromatic rings. The third-order valence-electron chi connectivity index (χ3n) is 4.71. The molecule has 132 valence electrons. The maximum absolute atomic E-state index is 12.8. The minimum atomic E-state index is 0.0108. The summed E-state index contributed by atoms with van der Waals surface area (Å²) in [5, 5.41) is 4.10. The fraction of sp³-hybridized carbons (Fsp3) is 0.562. The van der Waals surface area contributed by atoms with Crippen molar-refractivity contribution in [1.29, 1.82) is 0 Å². The molecule has 0 spiro atoms. The van der Waals surface area contributed by atoms with Gasteiger partial charge in [0.2, 0.25) is 5.91 Å². The number of piperidine rings is 1. The maximum atomic E-state index is 12.8. The van der Waals surface area contributed by atoms with Gasteiger partial charge in [-0.1, -0.05) is 0 Å². The van der Waals surface area contributed by atoms with E-state index in [0.29, 0.717) is 38.7 Å². The topological polar surface area (TPSA) is 89.3 Å². The van der Waals surface area contributed by atoms with E-state index in [2.05, 4.69) is 25.0 Å². The number of ether oxygens (including phenoxy) is 1. The Morgan fingerprint density at radius 2 is 1.96 bits per heavy atom. The van der Waals surface area contributed by atoms with Crippen LogP contribution in [0.5, 0.6) is 0 Å². The smallest absolute Gasteiger partial charge is 0.227 e. The molecule has 4 heterocycles. The van der Waals surface area contributed by atoms with Gasteiger partial charge >= 0.3 is 0 Å². The number of hydrogen-bond donors (Lipinski definition) is 0. The van der Waals surface area contributed by atoms with Crippen LogP contribution in [0.2, 0.25) is 0 Å². The second kappa shape index (κ2) is 7.14. The minimum Gasteiger partial charge on any atom is -0.378 e. The van der Waals surface area contributed by atoms with E-state index in [1.54, 1.807) is 11.0 Å². The predicted molar refractivity (Wildman–Crippen MR) is 89.3 cm³/mol. The first-order valence-electron chi connectivity index (χ1n) is 8.60.